The number of nitrogens with zero attached hydrogens (tertiary/aromatic N) is 6. The number of thiazole rings is 1. The van der Waals surface area contributed by atoms with Gasteiger partial charge in [0, 0.05) is 43.1 Å². The SMILES string of the molecule is COc1cc2c(cc1N=Nc1ncc([N+](=O)[O-])s1)C(C)CC(C)(C)N2CCCC(=O)ON1C(=O)CCC1=O. The van der Waals surface area contributed by atoms with E-state index in [1.54, 1.807) is 0 Å². The molecule has 1 fully saturated rings. The fourth-order valence-corrected chi connectivity index (χ4v) is 5.39. The van der Waals surface area contributed by atoms with E-state index in [0.29, 0.717) is 29.5 Å². The molecule has 0 spiro atoms. The first-order valence-corrected chi connectivity index (χ1v) is 12.9. The molecule has 202 valence electrons. The molecular formula is C24H28N6O7S. The number of benzene rings is 1. The topological polar surface area (TPSA) is 157 Å². The van der Waals surface area contributed by atoms with E-state index in [-0.39, 0.29) is 40.9 Å². The van der Waals surface area contributed by atoms with Gasteiger partial charge in [0.2, 0.25) is 5.13 Å². The number of fused-ring (bicyclic) bond motifs is 1. The van der Waals surface area contributed by atoms with Crippen LogP contribution in [0.5, 0.6) is 5.75 Å². The third-order valence-corrected chi connectivity index (χ3v) is 7.39. The van der Waals surface area contributed by atoms with Crippen molar-refractivity contribution in [2.75, 3.05) is 18.6 Å². The molecule has 0 bridgehead atoms. The second-order valence-electron chi connectivity index (χ2n) is 9.74. The Morgan fingerprint density at radius 2 is 1.97 bits per heavy atom. The zero-order valence-electron chi connectivity index (χ0n) is 21.5. The fourth-order valence-electron chi connectivity index (χ4n) is 4.83. The van der Waals surface area contributed by atoms with Gasteiger partial charge in [0.25, 0.3) is 11.8 Å². The van der Waals surface area contributed by atoms with Gasteiger partial charge in [0.15, 0.2) is 0 Å². The summed E-state index contributed by atoms with van der Waals surface area (Å²) in [5, 5.41) is 19.8. The second kappa shape index (κ2) is 10.8. The van der Waals surface area contributed by atoms with Crippen molar-refractivity contribution >= 4 is 50.6 Å². The first-order chi connectivity index (χ1) is 18.0. The van der Waals surface area contributed by atoms with Gasteiger partial charge in [-0.15, -0.1) is 15.3 Å². The first kappa shape index (κ1) is 27.1. The number of methoxy groups -OCH3 is 1. The highest BCUT2D eigenvalue weighted by Gasteiger charge is 2.37. The maximum Gasteiger partial charge on any atom is 0.345 e. The summed E-state index contributed by atoms with van der Waals surface area (Å²) in [6, 6.07) is 3.77. The maximum absolute atomic E-state index is 12.3. The molecule has 2 aliphatic rings. The molecular weight excluding hydrogens is 516 g/mol. The van der Waals surface area contributed by atoms with E-state index in [1.807, 2.05) is 12.1 Å². The van der Waals surface area contributed by atoms with Crippen LogP contribution >= 0.6 is 11.3 Å². The molecule has 0 aliphatic carbocycles. The summed E-state index contributed by atoms with van der Waals surface area (Å²) in [5.41, 5.74) is 2.21. The van der Waals surface area contributed by atoms with E-state index < -0.39 is 22.7 Å². The molecule has 38 heavy (non-hydrogen) atoms. The standard InChI is InChI=1S/C24H28N6O7S/c1-14-12-24(2,3)28(9-5-6-22(33)37-29-19(31)7-8-20(29)32)17-11-18(36-4)16(10-15(14)17)26-27-23-25-13-21(38-23)30(34)35/h10-11,13-14H,5-9,12H2,1-4H3. The molecule has 1 saturated heterocycles. The summed E-state index contributed by atoms with van der Waals surface area (Å²) in [6.07, 6.45) is 2.56. The van der Waals surface area contributed by atoms with Crippen LogP contribution in [0.15, 0.2) is 28.6 Å². The highest BCUT2D eigenvalue weighted by molar-refractivity contribution is 7.18. The largest absolute Gasteiger partial charge is 0.494 e. The number of imide groups is 1. The molecule has 1 aromatic heterocycles. The van der Waals surface area contributed by atoms with Gasteiger partial charge < -0.3 is 14.5 Å². The predicted octanol–water partition coefficient (Wildman–Crippen LogP) is 4.95. The zero-order chi connectivity index (χ0) is 27.6. The number of rotatable bonds is 9. The van der Waals surface area contributed by atoms with Gasteiger partial charge in [-0.3, -0.25) is 19.7 Å². The number of nitro groups is 1. The molecule has 0 radical (unpaired) electrons. The number of hydrogen-bond donors (Lipinski definition) is 0. The molecule has 1 atom stereocenters. The fraction of sp³-hybridized carbons (Fsp3) is 0.500. The van der Waals surface area contributed by atoms with Crippen molar-refractivity contribution in [2.24, 2.45) is 10.2 Å². The van der Waals surface area contributed by atoms with Crippen molar-refractivity contribution in [3.05, 3.63) is 34.0 Å². The minimum absolute atomic E-state index is 0.0396. The molecule has 2 aromatic rings. The Balaban J connectivity index is 1.52. The van der Waals surface area contributed by atoms with E-state index in [0.717, 1.165) is 35.2 Å². The van der Waals surface area contributed by atoms with Crippen molar-refractivity contribution in [3.8, 4) is 5.75 Å². The first-order valence-electron chi connectivity index (χ1n) is 12.1. The molecule has 2 aliphatic heterocycles. The van der Waals surface area contributed by atoms with Crippen LogP contribution in [0.1, 0.15) is 64.4 Å². The number of carbonyl (C=O) groups is 3. The molecule has 14 heteroatoms. The molecule has 4 rings (SSSR count). The van der Waals surface area contributed by atoms with Crippen LogP contribution in [0.3, 0.4) is 0 Å². The monoisotopic (exact) mass is 544 g/mol. The van der Waals surface area contributed by atoms with Crippen LogP contribution in [-0.4, -0.2) is 51.9 Å². The Morgan fingerprint density at radius 1 is 1.26 bits per heavy atom. The minimum Gasteiger partial charge on any atom is -0.494 e. The van der Waals surface area contributed by atoms with Gasteiger partial charge in [-0.05, 0) is 55.6 Å². The van der Waals surface area contributed by atoms with E-state index in [2.05, 4.69) is 40.9 Å². The number of amides is 2. The quantitative estimate of drug-likeness (QED) is 0.184. The van der Waals surface area contributed by atoms with Crippen molar-refractivity contribution in [3.63, 3.8) is 0 Å². The number of hydroxylamine groups is 2. The number of azo groups is 1. The maximum atomic E-state index is 12.3. The Bertz CT molecular complexity index is 1290. The van der Waals surface area contributed by atoms with Crippen molar-refractivity contribution in [1.29, 1.82) is 0 Å². The van der Waals surface area contributed by atoms with E-state index in [4.69, 9.17) is 9.57 Å². The van der Waals surface area contributed by atoms with Crippen molar-refractivity contribution in [1.82, 2.24) is 10.0 Å². The average Bonchev–Trinajstić information content (AvgIpc) is 3.46. The summed E-state index contributed by atoms with van der Waals surface area (Å²) in [4.78, 5) is 57.2. The lowest BCUT2D eigenvalue weighted by molar-refractivity contribution is -0.380. The molecule has 0 N–H and O–H groups in total. The number of ether oxygens (including phenoxy) is 1. The summed E-state index contributed by atoms with van der Waals surface area (Å²) in [7, 11) is 1.52. The van der Waals surface area contributed by atoms with Crippen LogP contribution < -0.4 is 9.64 Å². The van der Waals surface area contributed by atoms with Crippen LogP contribution in [0, 0.1) is 10.1 Å². The summed E-state index contributed by atoms with van der Waals surface area (Å²) < 4.78 is 5.58. The number of aromatic nitrogens is 1. The van der Waals surface area contributed by atoms with Gasteiger partial charge in [-0.2, -0.15) is 0 Å². The van der Waals surface area contributed by atoms with Crippen LogP contribution in [0.25, 0.3) is 0 Å². The molecule has 2 amide bonds. The van der Waals surface area contributed by atoms with Gasteiger partial charge in [0.1, 0.15) is 17.6 Å². The number of hydrogen-bond acceptors (Lipinski definition) is 12. The molecule has 0 saturated carbocycles. The van der Waals surface area contributed by atoms with Gasteiger partial charge >= 0.3 is 11.0 Å². The van der Waals surface area contributed by atoms with Crippen LogP contribution in [0.2, 0.25) is 0 Å². The lowest BCUT2D eigenvalue weighted by atomic mass is 9.79. The molecule has 1 unspecified atom stereocenters. The lowest BCUT2D eigenvalue weighted by Crippen LogP contribution is -2.49. The lowest BCUT2D eigenvalue weighted by Gasteiger charge is -2.47. The third kappa shape index (κ3) is 5.64. The predicted molar refractivity (Wildman–Crippen MR) is 137 cm³/mol. The Morgan fingerprint density at radius 3 is 2.61 bits per heavy atom. The summed E-state index contributed by atoms with van der Waals surface area (Å²) >= 11 is 0.827. The minimum atomic E-state index is -0.632. The van der Waals surface area contributed by atoms with Gasteiger partial charge in [0.05, 0.1) is 12.0 Å². The Kier molecular flexibility index (Phi) is 7.71. The summed E-state index contributed by atoms with van der Waals surface area (Å²) in [6.45, 7) is 6.90. The molecule has 1 aromatic carbocycles. The van der Waals surface area contributed by atoms with E-state index in [9.17, 15) is 24.5 Å². The highest BCUT2D eigenvalue weighted by Crippen LogP contribution is 2.48. The molecule has 3 heterocycles. The van der Waals surface area contributed by atoms with E-state index >= 15 is 0 Å². The summed E-state index contributed by atoms with van der Waals surface area (Å²) in [5.74, 6) is -0.978. The van der Waals surface area contributed by atoms with E-state index in [1.165, 1.54) is 7.11 Å². The average molecular weight is 545 g/mol. The third-order valence-electron chi connectivity index (χ3n) is 6.55. The zero-order valence-corrected chi connectivity index (χ0v) is 22.3. The van der Waals surface area contributed by atoms with Crippen molar-refractivity contribution < 1.29 is 28.9 Å². The number of carbonyl (C=O) groups excluding carboxylic acids is 3. The van der Waals surface area contributed by atoms with Crippen LogP contribution in [-0.2, 0) is 19.2 Å². The number of anilines is 1. The van der Waals surface area contributed by atoms with Gasteiger partial charge in [-0.1, -0.05) is 6.92 Å². The Labute approximate surface area is 222 Å². The Hall–Kier alpha value is -3.94. The molecule has 13 nitrogen and oxygen atoms in total. The van der Waals surface area contributed by atoms with Crippen LogP contribution in [0.4, 0.5) is 21.5 Å². The normalized spacial score (nSPS) is 18.7. The van der Waals surface area contributed by atoms with Gasteiger partial charge in [-0.25, -0.2) is 9.78 Å². The van der Waals surface area contributed by atoms with Crippen molar-refractivity contribution in [2.45, 2.75) is 64.3 Å². The smallest absolute Gasteiger partial charge is 0.345 e. The highest BCUT2D eigenvalue weighted by atomic mass is 32.1. The second-order valence-corrected chi connectivity index (χ2v) is 10.7.